The highest BCUT2D eigenvalue weighted by Crippen LogP contribution is 2.10. The molecular formula is C21H38N4O6. The minimum atomic E-state index is -1.30. The second-order valence-electron chi connectivity index (χ2n) is 8.82. The molecule has 31 heavy (non-hydrogen) atoms. The van der Waals surface area contributed by atoms with Crippen LogP contribution in [-0.4, -0.2) is 72.7 Å². The van der Waals surface area contributed by atoms with Crippen molar-refractivity contribution in [2.45, 2.75) is 84.2 Å². The van der Waals surface area contributed by atoms with Gasteiger partial charge in [0.2, 0.25) is 17.7 Å². The van der Waals surface area contributed by atoms with Gasteiger partial charge >= 0.3 is 5.97 Å². The lowest BCUT2D eigenvalue weighted by atomic mass is 10.0. The van der Waals surface area contributed by atoms with Crippen molar-refractivity contribution in [2.75, 3.05) is 13.7 Å². The first-order valence-corrected chi connectivity index (χ1v) is 10.9. The monoisotopic (exact) mass is 442 g/mol. The average Bonchev–Trinajstić information content (AvgIpc) is 3.22. The summed E-state index contributed by atoms with van der Waals surface area (Å²) in [7, 11) is 1.23. The van der Waals surface area contributed by atoms with Crippen LogP contribution in [0.3, 0.4) is 0 Å². The van der Waals surface area contributed by atoms with E-state index in [2.05, 4.69) is 21.3 Å². The Hall–Kier alpha value is -2.20. The normalized spacial score (nSPS) is 20.0. The van der Waals surface area contributed by atoms with Crippen LogP contribution in [0.5, 0.6) is 0 Å². The fourth-order valence-electron chi connectivity index (χ4n) is 3.43. The third-order valence-electron chi connectivity index (χ3n) is 5.20. The molecule has 3 amide bonds. The molecule has 1 saturated heterocycles. The van der Waals surface area contributed by atoms with Crippen LogP contribution in [0.1, 0.15) is 53.9 Å². The molecule has 0 aromatic rings. The predicted octanol–water partition coefficient (Wildman–Crippen LogP) is -0.551. The van der Waals surface area contributed by atoms with Crippen molar-refractivity contribution in [3.63, 3.8) is 0 Å². The molecule has 0 saturated carbocycles. The van der Waals surface area contributed by atoms with E-state index in [-0.39, 0.29) is 23.8 Å². The second-order valence-corrected chi connectivity index (χ2v) is 8.82. The molecule has 178 valence electrons. The van der Waals surface area contributed by atoms with Gasteiger partial charge in [-0.2, -0.15) is 0 Å². The van der Waals surface area contributed by atoms with Gasteiger partial charge in [-0.15, -0.1) is 0 Å². The highest BCUT2D eigenvalue weighted by Gasteiger charge is 2.34. The van der Waals surface area contributed by atoms with E-state index in [0.29, 0.717) is 12.8 Å². The van der Waals surface area contributed by atoms with Crippen molar-refractivity contribution >= 4 is 23.7 Å². The van der Waals surface area contributed by atoms with Crippen LogP contribution in [-0.2, 0) is 23.9 Å². The van der Waals surface area contributed by atoms with Gasteiger partial charge in [0, 0.05) is 0 Å². The number of aliphatic hydroxyl groups is 1. The van der Waals surface area contributed by atoms with Crippen molar-refractivity contribution in [2.24, 2.45) is 11.8 Å². The molecule has 1 aliphatic heterocycles. The maximum absolute atomic E-state index is 12.9. The first-order chi connectivity index (χ1) is 14.5. The molecule has 0 aromatic carbocycles. The lowest BCUT2D eigenvalue weighted by Gasteiger charge is -2.28. The van der Waals surface area contributed by atoms with Gasteiger partial charge in [0.15, 0.2) is 0 Å². The minimum absolute atomic E-state index is 0.105. The van der Waals surface area contributed by atoms with Crippen LogP contribution in [0.4, 0.5) is 0 Å². The lowest BCUT2D eigenvalue weighted by Crippen LogP contribution is -2.60. The molecule has 0 radical (unpaired) electrons. The zero-order valence-electron chi connectivity index (χ0n) is 19.4. The van der Waals surface area contributed by atoms with E-state index in [1.165, 1.54) is 14.0 Å². The summed E-state index contributed by atoms with van der Waals surface area (Å²) in [6.07, 6.45) is 0.708. The number of methoxy groups -OCH3 is 1. The van der Waals surface area contributed by atoms with Crippen molar-refractivity contribution in [3.05, 3.63) is 0 Å². The van der Waals surface area contributed by atoms with E-state index >= 15 is 0 Å². The molecule has 0 aliphatic carbocycles. The Labute approximate surface area is 184 Å². The largest absolute Gasteiger partial charge is 0.467 e. The van der Waals surface area contributed by atoms with Gasteiger partial charge in [0.1, 0.15) is 18.1 Å². The summed E-state index contributed by atoms with van der Waals surface area (Å²) in [5, 5.41) is 21.0. The van der Waals surface area contributed by atoms with Gasteiger partial charge in [0.05, 0.1) is 19.3 Å². The number of amides is 3. The lowest BCUT2D eigenvalue weighted by molar-refractivity contribution is -0.146. The molecule has 0 spiro atoms. The Morgan fingerprint density at radius 2 is 1.61 bits per heavy atom. The summed E-state index contributed by atoms with van der Waals surface area (Å²) in [4.78, 5) is 50.1. The first-order valence-electron chi connectivity index (χ1n) is 10.9. The molecular weight excluding hydrogens is 404 g/mol. The summed E-state index contributed by atoms with van der Waals surface area (Å²) in [5.41, 5.74) is 0. The third-order valence-corrected chi connectivity index (χ3v) is 5.20. The quantitative estimate of drug-likeness (QED) is 0.270. The number of hydrogen-bond acceptors (Lipinski definition) is 7. The Bertz CT molecular complexity index is 631. The highest BCUT2D eigenvalue weighted by atomic mass is 16.5. The molecule has 0 aromatic heterocycles. The molecule has 10 nitrogen and oxygen atoms in total. The van der Waals surface area contributed by atoms with Crippen LogP contribution < -0.4 is 21.3 Å². The molecule has 1 heterocycles. The Morgan fingerprint density at radius 1 is 1.00 bits per heavy atom. The maximum Gasteiger partial charge on any atom is 0.328 e. The van der Waals surface area contributed by atoms with Crippen molar-refractivity contribution < 1.29 is 29.0 Å². The minimum Gasteiger partial charge on any atom is -0.467 e. The Balaban J connectivity index is 2.87. The topological polar surface area (TPSA) is 146 Å². The van der Waals surface area contributed by atoms with E-state index in [9.17, 15) is 24.3 Å². The number of ether oxygens (including phenoxy) is 1. The number of hydrogen-bond donors (Lipinski definition) is 5. The SMILES string of the molecule is COC(=O)C(CC(C)C)NC(=O)C(NC(=O)C(NC(=O)C1CCCN1)C(C)C)C(C)O. The van der Waals surface area contributed by atoms with Gasteiger partial charge in [-0.05, 0) is 44.6 Å². The van der Waals surface area contributed by atoms with E-state index < -0.39 is 42.0 Å². The third kappa shape index (κ3) is 8.45. The first kappa shape index (κ1) is 26.8. The number of rotatable bonds is 11. The number of carbonyl (C=O) groups is 4. The molecule has 1 rings (SSSR count). The van der Waals surface area contributed by atoms with Crippen LogP contribution in [0.2, 0.25) is 0 Å². The number of nitrogens with one attached hydrogen (secondary N) is 4. The van der Waals surface area contributed by atoms with Crippen LogP contribution in [0, 0.1) is 11.8 Å². The van der Waals surface area contributed by atoms with Gasteiger partial charge in [-0.25, -0.2) is 4.79 Å². The average molecular weight is 443 g/mol. The molecule has 0 bridgehead atoms. The molecule has 5 unspecified atom stereocenters. The van der Waals surface area contributed by atoms with Gasteiger partial charge < -0.3 is 31.1 Å². The second kappa shape index (κ2) is 12.6. The summed E-state index contributed by atoms with van der Waals surface area (Å²) >= 11 is 0. The molecule has 5 atom stereocenters. The number of esters is 1. The zero-order valence-corrected chi connectivity index (χ0v) is 19.4. The number of aliphatic hydroxyl groups excluding tert-OH is 1. The van der Waals surface area contributed by atoms with E-state index in [0.717, 1.165) is 13.0 Å². The summed E-state index contributed by atoms with van der Waals surface area (Å²) < 4.78 is 4.74. The predicted molar refractivity (Wildman–Crippen MR) is 115 cm³/mol. The van der Waals surface area contributed by atoms with E-state index in [1.807, 2.05) is 13.8 Å². The Morgan fingerprint density at radius 3 is 2.06 bits per heavy atom. The maximum atomic E-state index is 12.9. The summed E-state index contributed by atoms with van der Waals surface area (Å²) in [6.45, 7) is 9.46. The zero-order chi connectivity index (χ0) is 23.7. The molecule has 5 N–H and O–H groups in total. The summed E-state index contributed by atoms with van der Waals surface area (Å²) in [6, 6.07) is -3.42. The molecule has 1 aliphatic rings. The highest BCUT2D eigenvalue weighted by molar-refractivity contribution is 5.94. The van der Waals surface area contributed by atoms with Crippen molar-refractivity contribution in [3.8, 4) is 0 Å². The number of carbonyl (C=O) groups excluding carboxylic acids is 4. The van der Waals surface area contributed by atoms with Crippen LogP contribution in [0.15, 0.2) is 0 Å². The van der Waals surface area contributed by atoms with Gasteiger partial charge in [0.25, 0.3) is 0 Å². The molecule has 10 heteroatoms. The van der Waals surface area contributed by atoms with Crippen molar-refractivity contribution in [1.29, 1.82) is 0 Å². The smallest absolute Gasteiger partial charge is 0.328 e. The fourth-order valence-corrected chi connectivity index (χ4v) is 3.43. The fraction of sp³-hybridized carbons (Fsp3) is 0.810. The molecule has 1 fully saturated rings. The van der Waals surface area contributed by atoms with Gasteiger partial charge in [-0.3, -0.25) is 14.4 Å². The standard InChI is InChI=1S/C21H38N4O6/c1-11(2)10-15(21(30)31-6)23-20(29)17(13(5)26)25-19(28)16(12(3)4)24-18(27)14-8-7-9-22-14/h11-17,22,26H,7-10H2,1-6H3,(H,23,29)(H,24,27)(H,25,28). The van der Waals surface area contributed by atoms with Crippen molar-refractivity contribution in [1.82, 2.24) is 21.3 Å². The van der Waals surface area contributed by atoms with Crippen LogP contribution in [0.25, 0.3) is 0 Å². The summed E-state index contributed by atoms with van der Waals surface area (Å²) in [5.74, 6) is -2.30. The van der Waals surface area contributed by atoms with Gasteiger partial charge in [-0.1, -0.05) is 27.7 Å². The Kier molecular flexibility index (Phi) is 10.9. The van der Waals surface area contributed by atoms with E-state index in [4.69, 9.17) is 4.74 Å². The van der Waals surface area contributed by atoms with E-state index in [1.54, 1.807) is 13.8 Å². The van der Waals surface area contributed by atoms with Crippen LogP contribution >= 0.6 is 0 Å².